The van der Waals surface area contributed by atoms with Crippen LogP contribution in [0.15, 0.2) is 72.3 Å². The van der Waals surface area contributed by atoms with E-state index in [0.29, 0.717) is 42.5 Å². The molecule has 4 aromatic carbocycles. The summed E-state index contributed by atoms with van der Waals surface area (Å²) in [5.74, 6) is -3.12. The summed E-state index contributed by atoms with van der Waals surface area (Å²) >= 11 is 0. The van der Waals surface area contributed by atoms with Gasteiger partial charge < -0.3 is 21.0 Å². The van der Waals surface area contributed by atoms with Crippen molar-refractivity contribution in [1.82, 2.24) is 0 Å². The third kappa shape index (κ3) is 9.82. The molecule has 0 saturated heterocycles. The second kappa shape index (κ2) is 15.7. The van der Waals surface area contributed by atoms with Gasteiger partial charge in [0.15, 0.2) is 5.75 Å². The molecule has 4 aromatic rings. The molecule has 0 unspecified atom stereocenters. The molecule has 0 aliphatic carbocycles. The van der Waals surface area contributed by atoms with Crippen molar-refractivity contribution in [2.45, 2.75) is 19.6 Å². The first-order valence-electron chi connectivity index (χ1n) is 10.2. The Kier molecular flexibility index (Phi) is 15.7. The van der Waals surface area contributed by atoms with E-state index in [1.165, 1.54) is 0 Å². The standard InChI is InChI=1S/C20H14N2O15S4.4Na.4H/c23-14-6-11(39(29,30)31)2-8-1-10(38(26,27)28)5-13(17(8)14)21-22-19-16(41(35,36)37)4-9-3-12(40(32,33)34)7-15(24)18(9)20(19)25;;;;;;;;/h1-7,23-25H,(H,26,27,28)(H,29,30,31)(H,32,33,34)(H,35,36,37);;;;;;;;/q;4*+1;4*-1. The van der Waals surface area contributed by atoms with E-state index in [1.54, 1.807) is 0 Å². The zero-order valence-corrected chi connectivity index (χ0v) is 34.7. The number of phenolic OH excluding ortho intramolecular Hbond substituents is 3. The van der Waals surface area contributed by atoms with Crippen molar-refractivity contribution in [3.05, 3.63) is 42.5 Å². The summed E-state index contributed by atoms with van der Waals surface area (Å²) in [5, 5.41) is 36.5. The van der Waals surface area contributed by atoms with Crippen LogP contribution in [0, 0.1) is 0 Å². The van der Waals surface area contributed by atoms with Gasteiger partial charge in [0.25, 0.3) is 40.5 Å². The van der Waals surface area contributed by atoms with Crippen LogP contribution in [0.25, 0.3) is 21.5 Å². The molecule has 0 amide bonds. The van der Waals surface area contributed by atoms with Crippen LogP contribution in [0.3, 0.4) is 0 Å². The van der Waals surface area contributed by atoms with Crippen molar-refractivity contribution in [3.63, 3.8) is 0 Å². The van der Waals surface area contributed by atoms with Gasteiger partial charge in [-0.1, -0.05) is 0 Å². The smallest absolute Gasteiger partial charge is 1.00 e. The minimum absolute atomic E-state index is 0. The largest absolute Gasteiger partial charge is 1.00 e. The van der Waals surface area contributed by atoms with E-state index in [2.05, 4.69) is 10.2 Å². The fraction of sp³-hybridized carbons (Fsp3) is 0. The number of azo groups is 1. The van der Waals surface area contributed by atoms with E-state index >= 15 is 0 Å². The van der Waals surface area contributed by atoms with Gasteiger partial charge in [-0.25, -0.2) is 0 Å². The van der Waals surface area contributed by atoms with Crippen molar-refractivity contribution in [1.29, 1.82) is 0 Å². The van der Waals surface area contributed by atoms with Gasteiger partial charge in [0.1, 0.15) is 22.1 Å². The first-order chi connectivity index (χ1) is 18.6. The minimum atomic E-state index is -5.30. The van der Waals surface area contributed by atoms with E-state index < -0.39 is 110 Å². The molecule has 0 saturated carbocycles. The molecule has 0 aromatic heterocycles. The Morgan fingerprint density at radius 3 is 1.27 bits per heavy atom. The van der Waals surface area contributed by atoms with Crippen molar-refractivity contribution in [2.75, 3.05) is 0 Å². The Morgan fingerprint density at radius 1 is 0.489 bits per heavy atom. The Morgan fingerprint density at radius 2 is 0.867 bits per heavy atom. The fourth-order valence-corrected chi connectivity index (χ4v) is 6.05. The second-order valence-corrected chi connectivity index (χ2v) is 13.9. The van der Waals surface area contributed by atoms with Gasteiger partial charge >= 0.3 is 118 Å². The van der Waals surface area contributed by atoms with E-state index in [4.69, 9.17) is 0 Å². The van der Waals surface area contributed by atoms with Gasteiger partial charge in [-0.3, -0.25) is 18.2 Å². The predicted molar refractivity (Wildman–Crippen MR) is 141 cm³/mol. The second-order valence-electron chi connectivity index (χ2n) is 8.20. The normalized spacial score (nSPS) is 12.2. The number of hydrogen-bond donors (Lipinski definition) is 7. The maximum absolute atomic E-state index is 12.1. The number of hydrogen-bond acceptors (Lipinski definition) is 13. The molecule has 0 aliphatic heterocycles. The number of phenols is 3. The van der Waals surface area contributed by atoms with Crippen LogP contribution in [0.5, 0.6) is 17.2 Å². The summed E-state index contributed by atoms with van der Waals surface area (Å²) in [6.07, 6.45) is 0. The molecule has 4 rings (SSSR count). The summed E-state index contributed by atoms with van der Waals surface area (Å²) < 4.78 is 132. The number of rotatable bonds is 6. The van der Waals surface area contributed by atoms with Crippen molar-refractivity contribution >= 4 is 73.4 Å². The molecule has 17 nitrogen and oxygen atoms in total. The Balaban J connectivity index is -0.000000807. The van der Waals surface area contributed by atoms with Crippen LogP contribution in [0.1, 0.15) is 5.71 Å². The third-order valence-electron chi connectivity index (χ3n) is 5.49. The zero-order valence-electron chi connectivity index (χ0n) is 27.5. The SMILES string of the molecule is O=S(=O)(O)c1cc(O)c2c(N=Nc3c(S(=O)(=O)O)cc4cc(S(=O)(=O)O)cc(O)c4c3O)cc(S(=O)(=O)O)cc2c1.[H-].[H-].[H-].[H-].[Na+].[Na+].[Na+].[Na+]. The van der Waals surface area contributed by atoms with Gasteiger partial charge in [-0.05, 0) is 41.1 Å². The van der Waals surface area contributed by atoms with Crippen LogP contribution >= 0.6 is 0 Å². The molecule has 45 heavy (non-hydrogen) atoms. The molecular weight excluding hydrogens is 728 g/mol. The van der Waals surface area contributed by atoms with E-state index in [1.807, 2.05) is 0 Å². The molecule has 25 heteroatoms. The van der Waals surface area contributed by atoms with Gasteiger partial charge in [-0.15, -0.1) is 10.2 Å². The topological polar surface area (TPSA) is 303 Å². The van der Waals surface area contributed by atoms with Crippen LogP contribution in [0.4, 0.5) is 11.4 Å². The molecule has 0 bridgehead atoms. The molecule has 0 radical (unpaired) electrons. The summed E-state index contributed by atoms with van der Waals surface area (Å²) in [6.45, 7) is 0. The summed E-state index contributed by atoms with van der Waals surface area (Å²) in [7, 11) is -20.2. The fourth-order valence-electron chi connectivity index (χ4n) is 3.78. The third-order valence-corrected chi connectivity index (χ3v) is 8.85. The van der Waals surface area contributed by atoms with Crippen molar-refractivity contribution < 1.29 is 191 Å². The van der Waals surface area contributed by atoms with Crippen LogP contribution in [-0.4, -0.2) is 67.2 Å². The number of benzene rings is 4. The maximum Gasteiger partial charge on any atom is 1.00 e. The molecule has 0 fully saturated rings. The maximum atomic E-state index is 12.1. The van der Waals surface area contributed by atoms with Gasteiger partial charge in [0, 0.05) is 12.1 Å². The molecule has 0 aliphatic rings. The van der Waals surface area contributed by atoms with E-state index in [9.17, 15) is 67.2 Å². The first-order valence-corrected chi connectivity index (χ1v) is 16.0. The summed E-state index contributed by atoms with van der Waals surface area (Å²) in [6, 6.07) is 4.24. The molecule has 226 valence electrons. The van der Waals surface area contributed by atoms with Crippen molar-refractivity contribution in [2.24, 2.45) is 10.2 Å². The summed E-state index contributed by atoms with van der Waals surface area (Å²) in [5.41, 5.74) is -1.77. The molecule has 0 atom stereocenters. The van der Waals surface area contributed by atoms with Gasteiger partial charge in [0.05, 0.1) is 31.1 Å². The van der Waals surface area contributed by atoms with Crippen molar-refractivity contribution in [3.8, 4) is 17.2 Å². The Labute approximate surface area is 349 Å². The van der Waals surface area contributed by atoms with Crippen LogP contribution < -0.4 is 118 Å². The Bertz CT molecular complexity index is 2310. The average molecular weight is 747 g/mol. The molecule has 0 spiro atoms. The number of nitrogens with zero attached hydrogens (tertiary/aromatic N) is 2. The Hall–Kier alpha value is 0.0400. The number of aromatic hydroxyl groups is 3. The van der Waals surface area contributed by atoms with Crippen LogP contribution in [-0.2, 0) is 40.5 Å². The van der Waals surface area contributed by atoms with Gasteiger partial charge in [-0.2, -0.15) is 33.7 Å². The first kappa shape index (κ1) is 45.0. The monoisotopic (exact) mass is 746 g/mol. The predicted octanol–water partition coefficient (Wildman–Crippen LogP) is -9.02. The summed E-state index contributed by atoms with van der Waals surface area (Å²) in [4.78, 5) is -3.95. The minimum Gasteiger partial charge on any atom is -1.00 e. The zero-order chi connectivity index (χ0) is 30.9. The molecular formula is C20H18N2Na4O15S4. The quantitative estimate of drug-likeness (QED) is 0.0548. The molecule has 0 heterocycles. The molecule has 7 N–H and O–H groups in total. The van der Waals surface area contributed by atoms with E-state index in [-0.39, 0.29) is 124 Å². The van der Waals surface area contributed by atoms with Gasteiger partial charge in [0.2, 0.25) is 0 Å². The average Bonchev–Trinajstić information content (AvgIpc) is 2.80. The van der Waals surface area contributed by atoms with Crippen LogP contribution in [0.2, 0.25) is 0 Å². The van der Waals surface area contributed by atoms with E-state index in [0.717, 1.165) is 0 Å². The number of fused-ring (bicyclic) bond motifs is 2.